The molecule has 0 bridgehead atoms. The first-order valence-corrected chi connectivity index (χ1v) is 11.4. The quantitative estimate of drug-likeness (QED) is 0.286. The van der Waals surface area contributed by atoms with E-state index >= 15 is 4.39 Å². The Balaban J connectivity index is 1.67. The molecule has 10 heteroatoms. The molecule has 0 fully saturated rings. The minimum Gasteiger partial charge on any atom is -0.421 e. The Morgan fingerprint density at radius 2 is 2.03 bits per heavy atom. The number of aryl methyl sites for hydroxylation is 2. The fourth-order valence-corrected chi connectivity index (χ4v) is 4.13. The van der Waals surface area contributed by atoms with Gasteiger partial charge in [-0.3, -0.25) is 0 Å². The van der Waals surface area contributed by atoms with Gasteiger partial charge in [0.05, 0.1) is 11.1 Å². The number of rotatable bonds is 7. The van der Waals surface area contributed by atoms with Crippen molar-refractivity contribution in [2.45, 2.75) is 19.8 Å². The number of fused-ring (bicyclic) bond motifs is 1. The molecule has 0 unspecified atom stereocenters. The molecule has 1 aromatic carbocycles. The average Bonchev–Trinajstić information content (AvgIpc) is 3.29. The Morgan fingerprint density at radius 1 is 1.16 bits per heavy atom. The number of hydrogen-bond donors (Lipinski definition) is 3. The highest BCUT2D eigenvalue weighted by molar-refractivity contribution is 6.07. The molecule has 0 spiro atoms. The summed E-state index contributed by atoms with van der Waals surface area (Å²) in [5.74, 6) is 2.14. The number of hydrogen-bond acceptors (Lipinski definition) is 8. The van der Waals surface area contributed by atoms with E-state index in [4.69, 9.17) is 16.9 Å². The van der Waals surface area contributed by atoms with E-state index in [1.165, 1.54) is 18.5 Å². The largest absolute Gasteiger partial charge is 0.421 e. The number of nitrogens with zero attached hydrogens (tertiary/aromatic N) is 5. The maximum atomic E-state index is 15.3. The first kappa shape index (κ1) is 23.8. The van der Waals surface area contributed by atoms with Crippen molar-refractivity contribution in [2.24, 2.45) is 0 Å². The van der Waals surface area contributed by atoms with E-state index in [-0.39, 0.29) is 24.2 Å². The topological polar surface area (TPSA) is 136 Å². The lowest BCUT2D eigenvalue weighted by atomic mass is 9.95. The molecule has 9 nitrogen and oxygen atoms in total. The number of H-pyrrole nitrogens is 1. The van der Waals surface area contributed by atoms with Gasteiger partial charge in [-0.05, 0) is 55.2 Å². The molecule has 4 aromatic heterocycles. The van der Waals surface area contributed by atoms with Gasteiger partial charge in [0.15, 0.2) is 11.6 Å². The number of ether oxygens (including phenoxy) is 1. The summed E-state index contributed by atoms with van der Waals surface area (Å²) in [4.78, 5) is 24.3. The van der Waals surface area contributed by atoms with Gasteiger partial charge in [-0.2, -0.15) is 0 Å². The summed E-state index contributed by atoms with van der Waals surface area (Å²) in [5.41, 5.74) is 11.3. The molecule has 0 aliphatic carbocycles. The van der Waals surface area contributed by atoms with Crippen LogP contribution < -0.4 is 10.5 Å². The number of aromatic amines is 1. The summed E-state index contributed by atoms with van der Waals surface area (Å²) in [5, 5.41) is 9.96. The number of halogens is 1. The Morgan fingerprint density at radius 3 is 2.78 bits per heavy atom. The SMILES string of the molecule is C#Cc1cc(CCCO)c(-c2[nH]c3ncnc(N)c3c2-c2ccc(Oc3nccc(C)n3)c(F)c2)cn1. The Bertz CT molecular complexity index is 1660. The zero-order chi connectivity index (χ0) is 25.9. The van der Waals surface area contributed by atoms with Crippen molar-refractivity contribution in [2.75, 3.05) is 12.3 Å². The highest BCUT2D eigenvalue weighted by atomic mass is 19.1. The zero-order valence-electron chi connectivity index (χ0n) is 19.9. The van der Waals surface area contributed by atoms with Crippen molar-refractivity contribution < 1.29 is 14.2 Å². The molecule has 0 radical (unpaired) electrons. The maximum Gasteiger partial charge on any atom is 0.322 e. The Hall–Kier alpha value is -4.88. The predicted molar refractivity (Wildman–Crippen MR) is 137 cm³/mol. The summed E-state index contributed by atoms with van der Waals surface area (Å²) in [7, 11) is 0. The van der Waals surface area contributed by atoms with E-state index in [0.717, 1.165) is 11.1 Å². The second-order valence-electron chi connectivity index (χ2n) is 8.28. The minimum absolute atomic E-state index is 0.0163. The van der Waals surface area contributed by atoms with Crippen LogP contribution in [0.5, 0.6) is 11.8 Å². The van der Waals surface area contributed by atoms with Crippen molar-refractivity contribution in [1.29, 1.82) is 0 Å². The molecule has 4 heterocycles. The third kappa shape index (κ3) is 4.68. The summed E-state index contributed by atoms with van der Waals surface area (Å²) in [6.45, 7) is 1.81. The van der Waals surface area contributed by atoms with Crippen LogP contribution in [-0.2, 0) is 6.42 Å². The van der Waals surface area contributed by atoms with Crippen LogP contribution in [0.1, 0.15) is 23.4 Å². The fraction of sp³-hybridized carbons (Fsp3) is 0.148. The van der Waals surface area contributed by atoms with Crippen molar-refractivity contribution in [3.63, 3.8) is 0 Å². The van der Waals surface area contributed by atoms with Gasteiger partial charge in [0.1, 0.15) is 23.5 Å². The molecule has 0 aliphatic rings. The summed E-state index contributed by atoms with van der Waals surface area (Å²) in [6.07, 6.45) is 11.2. The highest BCUT2D eigenvalue weighted by Crippen LogP contribution is 2.42. The van der Waals surface area contributed by atoms with Crippen LogP contribution in [-0.4, -0.2) is 41.6 Å². The van der Waals surface area contributed by atoms with Gasteiger partial charge in [0.25, 0.3) is 0 Å². The molecule has 37 heavy (non-hydrogen) atoms. The smallest absolute Gasteiger partial charge is 0.322 e. The van der Waals surface area contributed by atoms with Gasteiger partial charge in [-0.15, -0.1) is 6.42 Å². The van der Waals surface area contributed by atoms with Crippen LogP contribution in [0, 0.1) is 25.1 Å². The van der Waals surface area contributed by atoms with Crippen LogP contribution >= 0.6 is 0 Å². The lowest BCUT2D eigenvalue weighted by Crippen LogP contribution is -1.98. The van der Waals surface area contributed by atoms with Gasteiger partial charge in [-0.1, -0.05) is 12.0 Å². The zero-order valence-corrected chi connectivity index (χ0v) is 19.9. The van der Waals surface area contributed by atoms with Crippen molar-refractivity contribution in [1.82, 2.24) is 29.9 Å². The van der Waals surface area contributed by atoms with Crippen LogP contribution in [0.2, 0.25) is 0 Å². The van der Waals surface area contributed by atoms with Gasteiger partial charge >= 0.3 is 6.01 Å². The number of anilines is 1. The Labute approximate surface area is 211 Å². The van der Waals surface area contributed by atoms with E-state index in [0.29, 0.717) is 52.1 Å². The van der Waals surface area contributed by atoms with Crippen molar-refractivity contribution in [3.8, 4) is 46.5 Å². The van der Waals surface area contributed by atoms with E-state index in [1.54, 1.807) is 37.5 Å². The molecular weight excluding hydrogens is 473 g/mol. The normalized spacial score (nSPS) is 11.0. The number of benzene rings is 1. The van der Waals surface area contributed by atoms with Gasteiger partial charge in [-0.25, -0.2) is 29.3 Å². The summed E-state index contributed by atoms with van der Waals surface area (Å²) >= 11 is 0. The van der Waals surface area contributed by atoms with Gasteiger partial charge < -0.3 is 20.6 Å². The molecule has 0 aliphatic heterocycles. The average molecular weight is 496 g/mol. The standard InChI is InChI=1S/C27H22FN7O2/c1-3-18-11-16(5-4-10-36)19(13-31-18)24-22(23-25(29)32-14-33-26(23)35-24)17-6-7-21(20(28)12-17)37-27-30-9-8-15(2)34-27/h1,6-9,11-14,36H,4-5,10H2,2H3,(H3,29,32,33,35). The number of terminal acetylenes is 1. The second kappa shape index (κ2) is 10.0. The molecule has 5 rings (SSSR count). The molecule has 4 N–H and O–H groups in total. The number of nitrogen functional groups attached to an aromatic ring is 1. The third-order valence-corrected chi connectivity index (χ3v) is 5.83. The van der Waals surface area contributed by atoms with E-state index in [1.807, 2.05) is 0 Å². The number of nitrogens with one attached hydrogen (secondary N) is 1. The molecular formula is C27H22FN7O2. The van der Waals surface area contributed by atoms with E-state index < -0.39 is 5.82 Å². The molecule has 0 saturated heterocycles. The van der Waals surface area contributed by atoms with E-state index in [9.17, 15) is 5.11 Å². The fourth-order valence-electron chi connectivity index (χ4n) is 4.13. The second-order valence-corrected chi connectivity index (χ2v) is 8.28. The first-order valence-electron chi connectivity index (χ1n) is 11.4. The molecule has 0 atom stereocenters. The molecule has 5 aromatic rings. The summed E-state index contributed by atoms with van der Waals surface area (Å²) < 4.78 is 20.9. The van der Waals surface area contributed by atoms with Crippen LogP contribution in [0.3, 0.4) is 0 Å². The number of aliphatic hydroxyl groups excluding tert-OH is 1. The molecule has 184 valence electrons. The van der Waals surface area contributed by atoms with Crippen LogP contribution in [0.25, 0.3) is 33.4 Å². The Kier molecular flexibility index (Phi) is 6.45. The predicted octanol–water partition coefficient (Wildman–Crippen LogP) is 4.21. The number of pyridine rings is 1. The lowest BCUT2D eigenvalue weighted by Gasteiger charge is -2.12. The maximum absolute atomic E-state index is 15.3. The van der Waals surface area contributed by atoms with Crippen molar-refractivity contribution >= 4 is 16.9 Å². The van der Waals surface area contributed by atoms with Gasteiger partial charge in [0, 0.05) is 35.8 Å². The third-order valence-electron chi connectivity index (χ3n) is 5.83. The highest BCUT2D eigenvalue weighted by Gasteiger charge is 2.22. The number of aromatic nitrogens is 6. The van der Waals surface area contributed by atoms with E-state index in [2.05, 4.69) is 35.8 Å². The molecule has 0 amide bonds. The minimum atomic E-state index is -0.611. The number of aliphatic hydroxyl groups is 1. The van der Waals surface area contributed by atoms with Gasteiger partial charge in [0.2, 0.25) is 0 Å². The first-order chi connectivity index (χ1) is 18.0. The summed E-state index contributed by atoms with van der Waals surface area (Å²) in [6, 6.07) is 8.13. The monoisotopic (exact) mass is 495 g/mol. The molecule has 0 saturated carbocycles. The lowest BCUT2D eigenvalue weighted by molar-refractivity contribution is 0.288. The van der Waals surface area contributed by atoms with Crippen molar-refractivity contribution in [3.05, 3.63) is 71.8 Å². The van der Waals surface area contributed by atoms with Crippen LogP contribution in [0.4, 0.5) is 10.2 Å². The number of nitrogens with two attached hydrogens (primary N) is 1. The van der Waals surface area contributed by atoms with Crippen LogP contribution in [0.15, 0.2) is 49.1 Å².